The van der Waals surface area contributed by atoms with Gasteiger partial charge in [0.2, 0.25) is 5.91 Å². The van der Waals surface area contributed by atoms with Gasteiger partial charge in [0.25, 0.3) is 0 Å². The summed E-state index contributed by atoms with van der Waals surface area (Å²) in [5.41, 5.74) is 1.30. The Morgan fingerprint density at radius 2 is 2.07 bits per heavy atom. The first-order valence-corrected chi connectivity index (χ1v) is 9.50. The van der Waals surface area contributed by atoms with Crippen LogP contribution in [-0.2, 0) is 20.9 Å². The van der Waals surface area contributed by atoms with E-state index >= 15 is 0 Å². The number of ether oxygens (including phenoxy) is 1. The molecule has 1 amide bonds. The zero-order valence-electron chi connectivity index (χ0n) is 16.9. The van der Waals surface area contributed by atoms with Gasteiger partial charge in [-0.15, -0.1) is 0 Å². The highest BCUT2D eigenvalue weighted by atomic mass is 16.5. The van der Waals surface area contributed by atoms with Crippen molar-refractivity contribution in [3.8, 4) is 0 Å². The summed E-state index contributed by atoms with van der Waals surface area (Å²) in [5.74, 6) is -0.729. The molecule has 3 rings (SSSR count). The van der Waals surface area contributed by atoms with Gasteiger partial charge in [0, 0.05) is 25.0 Å². The number of methoxy groups -OCH3 is 1. The molecule has 1 aliphatic rings. The van der Waals surface area contributed by atoms with Crippen LogP contribution in [0.25, 0.3) is 0 Å². The van der Waals surface area contributed by atoms with Crippen molar-refractivity contribution >= 4 is 11.9 Å². The molecule has 150 valence electrons. The van der Waals surface area contributed by atoms with Gasteiger partial charge in [-0.05, 0) is 44.5 Å². The predicted octanol–water partition coefficient (Wildman–Crippen LogP) is 1.93. The van der Waals surface area contributed by atoms with Gasteiger partial charge in [-0.25, -0.2) is 0 Å². The van der Waals surface area contributed by atoms with Crippen LogP contribution in [0.1, 0.15) is 30.5 Å². The number of likely N-dealkylation sites (N-methyl/N-ethyl adjacent to an activating group) is 1. The summed E-state index contributed by atoms with van der Waals surface area (Å²) in [4.78, 5) is 27.6. The van der Waals surface area contributed by atoms with Crippen LogP contribution in [0.4, 0.5) is 0 Å². The Morgan fingerprint density at radius 3 is 2.71 bits per heavy atom. The average molecular weight is 384 g/mol. The number of amides is 1. The lowest BCUT2D eigenvalue weighted by Gasteiger charge is -2.33. The maximum absolute atomic E-state index is 13.1. The van der Waals surface area contributed by atoms with Crippen LogP contribution in [0.2, 0.25) is 0 Å². The smallest absolute Gasteiger partial charge is 0.326 e. The fourth-order valence-electron chi connectivity index (χ4n) is 4.15. The van der Waals surface area contributed by atoms with Gasteiger partial charge < -0.3 is 10.1 Å². The molecule has 2 heterocycles. The molecule has 7 heteroatoms. The van der Waals surface area contributed by atoms with Crippen molar-refractivity contribution in [3.63, 3.8) is 0 Å². The van der Waals surface area contributed by atoms with Crippen molar-refractivity contribution in [3.05, 3.63) is 53.9 Å². The highest BCUT2D eigenvalue weighted by molar-refractivity contribution is 5.86. The Bertz CT molecular complexity index is 836. The van der Waals surface area contributed by atoms with Crippen LogP contribution >= 0.6 is 0 Å². The number of likely N-dealkylation sites (tertiary alicyclic amines) is 1. The van der Waals surface area contributed by atoms with E-state index in [1.807, 2.05) is 62.3 Å². The van der Waals surface area contributed by atoms with Gasteiger partial charge in [0.15, 0.2) is 0 Å². The fraction of sp³-hybridized carbons (Fsp3) is 0.476. The molecular weight excluding hydrogens is 356 g/mol. The SMILES string of the molecule is COC(=O)[C@]1(C)C[C@H](C(=O)NCCn2cccn2)[C@H](c2ccccc2C)N1C. The number of hydrogen-bond donors (Lipinski definition) is 1. The Balaban J connectivity index is 1.84. The van der Waals surface area contributed by atoms with Crippen molar-refractivity contribution in [1.82, 2.24) is 20.0 Å². The van der Waals surface area contributed by atoms with E-state index in [2.05, 4.69) is 10.4 Å². The van der Waals surface area contributed by atoms with Crippen molar-refractivity contribution < 1.29 is 14.3 Å². The predicted molar refractivity (Wildman–Crippen MR) is 105 cm³/mol. The first-order valence-electron chi connectivity index (χ1n) is 9.50. The van der Waals surface area contributed by atoms with Gasteiger partial charge in [-0.2, -0.15) is 5.10 Å². The second kappa shape index (κ2) is 8.14. The number of esters is 1. The Hall–Kier alpha value is -2.67. The maximum Gasteiger partial charge on any atom is 0.326 e. The Kier molecular flexibility index (Phi) is 5.84. The summed E-state index contributed by atoms with van der Waals surface area (Å²) in [6, 6.07) is 9.66. The fourth-order valence-corrected chi connectivity index (χ4v) is 4.15. The monoisotopic (exact) mass is 384 g/mol. The number of rotatable bonds is 6. The molecule has 0 spiro atoms. The molecule has 0 bridgehead atoms. The molecule has 1 saturated heterocycles. The standard InChI is InChI=1S/C21H28N4O3/c1-15-8-5-6-9-16(15)18-17(14-21(2,24(18)3)20(27)28-4)19(26)22-11-13-25-12-7-10-23-25/h5-10,12,17-18H,11,13-14H2,1-4H3,(H,22,26)/t17-,18-,21-/m0/s1. The summed E-state index contributed by atoms with van der Waals surface area (Å²) in [5, 5.41) is 7.17. The van der Waals surface area contributed by atoms with Crippen LogP contribution < -0.4 is 5.32 Å². The number of aromatic nitrogens is 2. The molecule has 0 aliphatic carbocycles. The minimum Gasteiger partial charge on any atom is -0.468 e. The van der Waals surface area contributed by atoms with E-state index in [1.165, 1.54) is 7.11 Å². The molecule has 1 N–H and O–H groups in total. The molecule has 1 aromatic carbocycles. The van der Waals surface area contributed by atoms with E-state index < -0.39 is 5.54 Å². The van der Waals surface area contributed by atoms with Crippen molar-refractivity contribution in [1.29, 1.82) is 0 Å². The van der Waals surface area contributed by atoms with E-state index in [4.69, 9.17) is 4.74 Å². The summed E-state index contributed by atoms with van der Waals surface area (Å²) >= 11 is 0. The first kappa shape index (κ1) is 20.1. The highest BCUT2D eigenvalue weighted by Gasteiger charge is 2.55. The topological polar surface area (TPSA) is 76.5 Å². The minimum atomic E-state index is -0.855. The molecule has 0 radical (unpaired) electrons. The normalized spacial score (nSPS) is 24.9. The summed E-state index contributed by atoms with van der Waals surface area (Å²) in [7, 11) is 3.28. The second-order valence-electron chi connectivity index (χ2n) is 7.55. The molecule has 2 aromatic rings. The third-order valence-electron chi connectivity index (χ3n) is 5.86. The lowest BCUT2D eigenvalue weighted by molar-refractivity contribution is -0.152. The van der Waals surface area contributed by atoms with E-state index in [0.717, 1.165) is 11.1 Å². The van der Waals surface area contributed by atoms with E-state index in [1.54, 1.807) is 10.9 Å². The number of carbonyl (C=O) groups is 2. The number of benzene rings is 1. The van der Waals surface area contributed by atoms with Crippen molar-refractivity contribution in [2.24, 2.45) is 5.92 Å². The molecule has 3 atom stereocenters. The van der Waals surface area contributed by atoms with Gasteiger partial charge in [0.1, 0.15) is 5.54 Å². The number of aryl methyl sites for hydroxylation is 1. The average Bonchev–Trinajstić information content (AvgIpc) is 3.29. The molecular formula is C21H28N4O3. The van der Waals surface area contributed by atoms with Crippen LogP contribution in [-0.4, -0.2) is 52.8 Å². The third kappa shape index (κ3) is 3.67. The minimum absolute atomic E-state index is 0.0557. The first-order chi connectivity index (χ1) is 13.4. The van der Waals surface area contributed by atoms with E-state index in [0.29, 0.717) is 19.5 Å². The van der Waals surface area contributed by atoms with Crippen LogP contribution in [0.5, 0.6) is 0 Å². The van der Waals surface area contributed by atoms with E-state index in [9.17, 15) is 9.59 Å². The number of hydrogen-bond acceptors (Lipinski definition) is 5. The number of carbonyl (C=O) groups excluding carboxylic acids is 2. The molecule has 1 aromatic heterocycles. The van der Waals surface area contributed by atoms with Crippen LogP contribution in [0, 0.1) is 12.8 Å². The summed E-state index contributed by atoms with van der Waals surface area (Å²) in [6.07, 6.45) is 3.98. The molecule has 7 nitrogen and oxygen atoms in total. The molecule has 1 fully saturated rings. The molecule has 28 heavy (non-hydrogen) atoms. The number of nitrogens with zero attached hydrogens (tertiary/aromatic N) is 3. The zero-order valence-corrected chi connectivity index (χ0v) is 16.9. The molecule has 1 aliphatic heterocycles. The maximum atomic E-state index is 13.1. The largest absolute Gasteiger partial charge is 0.468 e. The van der Waals surface area contributed by atoms with Crippen LogP contribution in [0.15, 0.2) is 42.7 Å². The van der Waals surface area contributed by atoms with Crippen molar-refractivity contribution in [2.45, 2.75) is 38.4 Å². The lowest BCUT2D eigenvalue weighted by atomic mass is 9.88. The molecule has 0 saturated carbocycles. The Morgan fingerprint density at radius 1 is 1.32 bits per heavy atom. The lowest BCUT2D eigenvalue weighted by Crippen LogP contribution is -2.47. The van der Waals surface area contributed by atoms with Crippen molar-refractivity contribution in [2.75, 3.05) is 20.7 Å². The van der Waals surface area contributed by atoms with Gasteiger partial charge in [-0.1, -0.05) is 24.3 Å². The van der Waals surface area contributed by atoms with E-state index in [-0.39, 0.29) is 23.8 Å². The van der Waals surface area contributed by atoms with Gasteiger partial charge >= 0.3 is 5.97 Å². The van der Waals surface area contributed by atoms with Gasteiger partial charge in [0.05, 0.1) is 19.6 Å². The quantitative estimate of drug-likeness (QED) is 0.770. The van der Waals surface area contributed by atoms with Crippen LogP contribution in [0.3, 0.4) is 0 Å². The summed E-state index contributed by atoms with van der Waals surface area (Å²) < 4.78 is 6.83. The summed E-state index contributed by atoms with van der Waals surface area (Å²) in [6.45, 7) is 4.96. The zero-order chi connectivity index (χ0) is 20.3. The molecule has 0 unspecified atom stereocenters. The number of nitrogens with one attached hydrogen (secondary N) is 1. The third-order valence-corrected chi connectivity index (χ3v) is 5.86. The van der Waals surface area contributed by atoms with Gasteiger partial charge in [-0.3, -0.25) is 19.2 Å². The second-order valence-corrected chi connectivity index (χ2v) is 7.55. The highest BCUT2D eigenvalue weighted by Crippen LogP contribution is 2.47. The Labute approximate surface area is 165 Å².